The number of carbonyl (C=O) groups excluding carboxylic acids is 1. The number of aryl methyl sites for hydroxylation is 1. The second-order valence-corrected chi connectivity index (χ2v) is 9.35. The molecule has 1 N–H and O–H groups in total. The van der Waals surface area contributed by atoms with Gasteiger partial charge in [-0.3, -0.25) is 4.79 Å². The van der Waals surface area contributed by atoms with E-state index in [0.29, 0.717) is 43.8 Å². The average molecular weight is 392 g/mol. The lowest BCUT2D eigenvalue weighted by Gasteiger charge is -2.17. The van der Waals surface area contributed by atoms with Crippen LogP contribution in [0.2, 0.25) is 0 Å². The maximum absolute atomic E-state index is 13.8. The smallest absolute Gasteiger partial charge is 0.243 e. The molecule has 27 heavy (non-hydrogen) atoms. The summed E-state index contributed by atoms with van der Waals surface area (Å²) < 4.78 is 46.0. The van der Waals surface area contributed by atoms with E-state index < -0.39 is 15.8 Å². The van der Waals surface area contributed by atoms with Crippen LogP contribution in [0, 0.1) is 24.1 Å². The Balaban J connectivity index is 1.41. The molecule has 1 spiro atoms. The summed E-state index contributed by atoms with van der Waals surface area (Å²) in [7, 11) is -3.76. The molecule has 0 radical (unpaired) electrons. The fourth-order valence-electron chi connectivity index (χ4n) is 3.82. The molecule has 4 rings (SSSR count). The number of hydrogen-bond donors (Lipinski definition) is 1. The van der Waals surface area contributed by atoms with E-state index in [2.05, 4.69) is 5.32 Å². The molecular formula is C19H21FN2O4S. The third-order valence-electron chi connectivity index (χ3n) is 5.65. The Morgan fingerprint density at radius 3 is 2.93 bits per heavy atom. The molecule has 1 aromatic heterocycles. The summed E-state index contributed by atoms with van der Waals surface area (Å²) in [4.78, 5) is 12.4. The fraction of sp³-hybridized carbons (Fsp3) is 0.421. The van der Waals surface area contributed by atoms with Crippen LogP contribution in [0.1, 0.15) is 24.2 Å². The first kappa shape index (κ1) is 18.2. The van der Waals surface area contributed by atoms with Crippen LogP contribution in [0.3, 0.4) is 0 Å². The number of benzene rings is 1. The summed E-state index contributed by atoms with van der Waals surface area (Å²) >= 11 is 0. The molecule has 1 aromatic carbocycles. The Kier molecular flexibility index (Phi) is 4.35. The highest BCUT2D eigenvalue weighted by atomic mass is 32.2. The average Bonchev–Trinajstić information content (AvgIpc) is 2.99. The Hall–Kier alpha value is -2.19. The van der Waals surface area contributed by atoms with Gasteiger partial charge in [0, 0.05) is 19.0 Å². The molecule has 2 heterocycles. The first-order valence-electron chi connectivity index (χ1n) is 8.88. The molecule has 2 fully saturated rings. The van der Waals surface area contributed by atoms with E-state index in [1.165, 1.54) is 16.4 Å². The molecule has 144 valence electrons. The molecule has 0 bridgehead atoms. The van der Waals surface area contributed by atoms with Gasteiger partial charge in [0.25, 0.3) is 0 Å². The lowest BCUT2D eigenvalue weighted by atomic mass is 10.0. The molecular weight excluding hydrogens is 371 g/mol. The molecule has 6 nitrogen and oxygen atoms in total. The minimum absolute atomic E-state index is 0.0397. The lowest BCUT2D eigenvalue weighted by molar-refractivity contribution is -0.123. The van der Waals surface area contributed by atoms with Crippen molar-refractivity contribution in [2.75, 3.05) is 13.1 Å². The van der Waals surface area contributed by atoms with Crippen molar-refractivity contribution in [3.05, 3.63) is 53.7 Å². The Labute approximate surface area is 157 Å². The number of furan rings is 1. The third kappa shape index (κ3) is 3.27. The highest BCUT2D eigenvalue weighted by Crippen LogP contribution is 2.59. The number of nitrogens with one attached hydrogen (secondary N) is 1. The minimum Gasteiger partial charge on any atom is -0.467 e. The van der Waals surface area contributed by atoms with Gasteiger partial charge < -0.3 is 9.73 Å². The van der Waals surface area contributed by atoms with E-state index >= 15 is 0 Å². The molecule has 1 saturated carbocycles. The summed E-state index contributed by atoms with van der Waals surface area (Å²) in [6.45, 7) is 2.55. The van der Waals surface area contributed by atoms with Crippen molar-refractivity contribution in [2.45, 2.75) is 31.2 Å². The first-order valence-corrected chi connectivity index (χ1v) is 10.3. The number of hydrogen-bond acceptors (Lipinski definition) is 4. The van der Waals surface area contributed by atoms with Crippen molar-refractivity contribution in [1.29, 1.82) is 0 Å². The van der Waals surface area contributed by atoms with Crippen molar-refractivity contribution < 1.29 is 22.0 Å². The van der Waals surface area contributed by atoms with Gasteiger partial charge in [-0.05, 0) is 55.0 Å². The molecule has 0 unspecified atom stereocenters. The van der Waals surface area contributed by atoms with Crippen LogP contribution in [0.25, 0.3) is 0 Å². The number of rotatable bonds is 5. The quantitative estimate of drug-likeness (QED) is 0.848. The Morgan fingerprint density at radius 1 is 1.41 bits per heavy atom. The van der Waals surface area contributed by atoms with Crippen molar-refractivity contribution in [2.24, 2.45) is 11.3 Å². The van der Waals surface area contributed by atoms with Gasteiger partial charge in [-0.1, -0.05) is 6.07 Å². The summed E-state index contributed by atoms with van der Waals surface area (Å²) in [5.74, 6) is -0.129. The highest BCUT2D eigenvalue weighted by molar-refractivity contribution is 7.89. The van der Waals surface area contributed by atoms with Gasteiger partial charge in [-0.25, -0.2) is 12.8 Å². The lowest BCUT2D eigenvalue weighted by Crippen LogP contribution is -2.31. The van der Waals surface area contributed by atoms with E-state index in [1.54, 1.807) is 25.3 Å². The molecule has 1 aliphatic heterocycles. The van der Waals surface area contributed by atoms with Crippen LogP contribution in [0.5, 0.6) is 0 Å². The zero-order valence-corrected chi connectivity index (χ0v) is 15.8. The maximum Gasteiger partial charge on any atom is 0.243 e. The zero-order chi connectivity index (χ0) is 19.2. The van der Waals surface area contributed by atoms with Gasteiger partial charge in [0.05, 0.1) is 17.7 Å². The molecule has 2 atom stereocenters. The van der Waals surface area contributed by atoms with Crippen molar-refractivity contribution in [3.8, 4) is 0 Å². The van der Waals surface area contributed by atoms with Crippen LogP contribution in [-0.4, -0.2) is 31.7 Å². The van der Waals surface area contributed by atoms with E-state index in [0.717, 1.165) is 6.07 Å². The maximum atomic E-state index is 13.8. The molecule has 2 aromatic rings. The van der Waals surface area contributed by atoms with E-state index in [4.69, 9.17) is 4.42 Å². The Morgan fingerprint density at radius 2 is 2.22 bits per heavy atom. The summed E-state index contributed by atoms with van der Waals surface area (Å²) in [6, 6.07) is 7.51. The third-order valence-corrected chi connectivity index (χ3v) is 7.50. The van der Waals surface area contributed by atoms with Crippen molar-refractivity contribution in [1.82, 2.24) is 9.62 Å². The molecule has 8 heteroatoms. The van der Waals surface area contributed by atoms with Crippen LogP contribution in [0.15, 0.2) is 45.9 Å². The summed E-state index contributed by atoms with van der Waals surface area (Å²) in [5, 5.41) is 2.85. The van der Waals surface area contributed by atoms with Gasteiger partial charge >= 0.3 is 0 Å². The predicted octanol–water partition coefficient (Wildman–Crippen LogP) is 2.44. The first-order chi connectivity index (χ1) is 12.8. The zero-order valence-electron chi connectivity index (χ0n) is 14.9. The van der Waals surface area contributed by atoms with Crippen LogP contribution < -0.4 is 5.32 Å². The number of carbonyl (C=O) groups is 1. The van der Waals surface area contributed by atoms with Gasteiger partial charge in [0.2, 0.25) is 15.9 Å². The van der Waals surface area contributed by atoms with Gasteiger partial charge in [0.15, 0.2) is 0 Å². The number of nitrogens with zero attached hydrogens (tertiary/aromatic N) is 1. The monoisotopic (exact) mass is 392 g/mol. The Bertz CT molecular complexity index is 974. The van der Waals surface area contributed by atoms with Gasteiger partial charge in [-0.15, -0.1) is 0 Å². The fourth-order valence-corrected chi connectivity index (χ4v) is 5.37. The second kappa shape index (κ2) is 6.45. The number of sulfonamides is 1. The van der Waals surface area contributed by atoms with E-state index in [9.17, 15) is 17.6 Å². The standard InChI is InChI=1S/C19H21FN2O4S/c1-13-4-5-15(9-17(13)20)27(24,25)22-7-6-19(12-22)10-16(19)18(23)21-11-14-3-2-8-26-14/h2-5,8-9,16H,6-7,10-12H2,1H3,(H,21,23)/t16-,19+/m0/s1. The molecule has 1 saturated heterocycles. The molecule has 1 aliphatic carbocycles. The van der Waals surface area contributed by atoms with E-state index in [1.807, 2.05) is 0 Å². The summed E-state index contributed by atoms with van der Waals surface area (Å²) in [5.41, 5.74) is 0.103. The summed E-state index contributed by atoms with van der Waals surface area (Å²) in [6.07, 6.45) is 2.86. The molecule has 1 amide bonds. The minimum atomic E-state index is -3.76. The van der Waals surface area contributed by atoms with Crippen LogP contribution >= 0.6 is 0 Å². The van der Waals surface area contributed by atoms with E-state index in [-0.39, 0.29) is 22.1 Å². The van der Waals surface area contributed by atoms with Crippen LogP contribution in [-0.2, 0) is 21.4 Å². The number of halogens is 1. The second-order valence-electron chi connectivity index (χ2n) is 7.42. The largest absolute Gasteiger partial charge is 0.467 e. The van der Waals surface area contributed by atoms with Crippen molar-refractivity contribution in [3.63, 3.8) is 0 Å². The van der Waals surface area contributed by atoms with Gasteiger partial charge in [0.1, 0.15) is 11.6 Å². The SMILES string of the molecule is Cc1ccc(S(=O)(=O)N2CC[C@@]3(C[C@H]3C(=O)NCc3ccco3)C2)cc1F. The highest BCUT2D eigenvalue weighted by Gasteiger charge is 2.62. The molecule has 2 aliphatic rings. The van der Waals surface area contributed by atoms with Crippen LogP contribution in [0.4, 0.5) is 4.39 Å². The topological polar surface area (TPSA) is 79.6 Å². The number of amides is 1. The normalized spacial score (nSPS) is 25.0. The van der Waals surface area contributed by atoms with Gasteiger partial charge in [-0.2, -0.15) is 4.31 Å². The van der Waals surface area contributed by atoms with Crippen molar-refractivity contribution >= 4 is 15.9 Å². The predicted molar refractivity (Wildman–Crippen MR) is 95.6 cm³/mol.